The van der Waals surface area contributed by atoms with Crippen LogP contribution in [0.4, 0.5) is 4.79 Å². The van der Waals surface area contributed by atoms with Gasteiger partial charge >= 0.3 is 6.03 Å². The van der Waals surface area contributed by atoms with Gasteiger partial charge in [0.15, 0.2) is 0 Å². The maximum absolute atomic E-state index is 11.9. The third-order valence-corrected chi connectivity index (χ3v) is 6.80. The van der Waals surface area contributed by atoms with Crippen molar-refractivity contribution in [2.75, 3.05) is 7.05 Å². The molecular weight excluding hydrogens is 398 g/mol. The lowest BCUT2D eigenvalue weighted by Gasteiger charge is -2.38. The first-order chi connectivity index (χ1) is 15.5. The van der Waals surface area contributed by atoms with Crippen LogP contribution in [0.15, 0.2) is 76.8 Å². The fourth-order valence-corrected chi connectivity index (χ4v) is 4.82. The Bertz CT molecular complexity index is 1350. The fraction of sp³-hybridized carbons (Fsp3) is 0.269. The second-order valence-electron chi connectivity index (χ2n) is 8.68. The van der Waals surface area contributed by atoms with E-state index in [1.807, 2.05) is 24.3 Å². The van der Waals surface area contributed by atoms with Crippen LogP contribution in [0.5, 0.6) is 0 Å². The summed E-state index contributed by atoms with van der Waals surface area (Å²) in [6, 6.07) is 20.1. The first-order valence-corrected chi connectivity index (χ1v) is 11.0. The van der Waals surface area contributed by atoms with Gasteiger partial charge in [0, 0.05) is 29.9 Å². The summed E-state index contributed by atoms with van der Waals surface area (Å²) in [4.78, 5) is 21.4. The molecule has 1 fully saturated rings. The molecule has 6 heteroatoms. The van der Waals surface area contributed by atoms with Gasteiger partial charge in [0.25, 0.3) is 0 Å². The highest BCUT2D eigenvalue weighted by atomic mass is 16.2. The van der Waals surface area contributed by atoms with E-state index < -0.39 is 6.03 Å². The van der Waals surface area contributed by atoms with Crippen molar-refractivity contribution in [3.8, 4) is 0 Å². The van der Waals surface area contributed by atoms with Crippen LogP contribution in [-0.4, -0.2) is 17.6 Å². The molecule has 32 heavy (non-hydrogen) atoms. The van der Waals surface area contributed by atoms with Gasteiger partial charge in [0.1, 0.15) is 5.49 Å². The number of rotatable bonds is 3. The number of pyridine rings is 1. The Kier molecular flexibility index (Phi) is 5.02. The number of carbonyl (C=O) groups excluding carboxylic acids is 1. The van der Waals surface area contributed by atoms with Crippen LogP contribution in [-0.2, 0) is 5.54 Å². The lowest BCUT2D eigenvalue weighted by atomic mass is 9.72. The molecule has 1 aliphatic carbocycles. The number of carbonyl (C=O) groups is 1. The minimum Gasteiger partial charge on any atom is -0.351 e. The third-order valence-electron chi connectivity index (χ3n) is 6.80. The molecule has 1 aromatic heterocycles. The van der Waals surface area contributed by atoms with Crippen molar-refractivity contribution in [3.63, 3.8) is 0 Å². The molecule has 3 aromatic rings. The van der Waals surface area contributed by atoms with Crippen molar-refractivity contribution in [1.29, 1.82) is 0 Å². The summed E-state index contributed by atoms with van der Waals surface area (Å²) in [6.07, 6.45) is 7.06. The fourth-order valence-electron chi connectivity index (χ4n) is 4.82. The molecule has 2 aromatic carbocycles. The SMILES string of the molecule is CN=c1c2c(ccn1C(N)=O)=NC(c1ccc(C3(N)CCC3)cc1)C(c1ccccc1)C=2. The van der Waals surface area contributed by atoms with Gasteiger partial charge in [-0.25, -0.2) is 4.79 Å². The standard InChI is InChI=1S/C26H27N5O/c1-29-24-21-16-20(17-6-3-2-4-7-17)23(30-22(21)12-15-31(24)25(27)32)18-8-10-19(11-9-18)26(28)13-5-14-26/h2-4,6-12,15-16,20,23H,5,13-14,28H2,1H3,(H2,27,32). The quantitative estimate of drug-likeness (QED) is 0.673. The summed E-state index contributed by atoms with van der Waals surface area (Å²) in [7, 11) is 1.66. The number of primary amides is 1. The number of amides is 1. The van der Waals surface area contributed by atoms with E-state index in [-0.39, 0.29) is 17.5 Å². The van der Waals surface area contributed by atoms with Gasteiger partial charge in [-0.15, -0.1) is 0 Å². The molecule has 1 saturated carbocycles. The van der Waals surface area contributed by atoms with E-state index >= 15 is 0 Å². The lowest BCUT2D eigenvalue weighted by Crippen LogP contribution is -2.50. The Labute approximate surface area is 186 Å². The van der Waals surface area contributed by atoms with E-state index in [4.69, 9.17) is 16.5 Å². The largest absolute Gasteiger partial charge is 0.351 e. The third kappa shape index (κ3) is 3.37. The van der Waals surface area contributed by atoms with Crippen LogP contribution < -0.4 is 27.5 Å². The number of nitrogens with two attached hydrogens (primary N) is 2. The second kappa shape index (κ2) is 7.88. The zero-order chi connectivity index (χ0) is 22.3. The van der Waals surface area contributed by atoms with Gasteiger partial charge in [-0.2, -0.15) is 0 Å². The van der Waals surface area contributed by atoms with Crippen LogP contribution in [0.25, 0.3) is 6.08 Å². The number of hydrogen-bond donors (Lipinski definition) is 2. The maximum atomic E-state index is 11.9. The lowest BCUT2D eigenvalue weighted by molar-refractivity contribution is 0.249. The van der Waals surface area contributed by atoms with E-state index in [2.05, 4.69) is 47.5 Å². The number of hydrogen-bond acceptors (Lipinski definition) is 4. The van der Waals surface area contributed by atoms with Crippen LogP contribution in [0.2, 0.25) is 0 Å². The van der Waals surface area contributed by atoms with Gasteiger partial charge < -0.3 is 11.5 Å². The zero-order valence-corrected chi connectivity index (χ0v) is 18.1. The maximum Gasteiger partial charge on any atom is 0.324 e. The zero-order valence-electron chi connectivity index (χ0n) is 18.1. The molecule has 2 aliphatic rings. The Morgan fingerprint density at radius 3 is 2.38 bits per heavy atom. The summed E-state index contributed by atoms with van der Waals surface area (Å²) in [5.74, 6) is -0.00526. The Morgan fingerprint density at radius 1 is 1.06 bits per heavy atom. The van der Waals surface area contributed by atoms with Crippen molar-refractivity contribution in [2.24, 2.45) is 21.5 Å². The smallest absolute Gasteiger partial charge is 0.324 e. The van der Waals surface area contributed by atoms with Gasteiger partial charge in [-0.3, -0.25) is 14.6 Å². The van der Waals surface area contributed by atoms with E-state index in [1.165, 1.54) is 16.6 Å². The highest BCUT2D eigenvalue weighted by Gasteiger charge is 2.34. The predicted molar refractivity (Wildman–Crippen MR) is 124 cm³/mol. The van der Waals surface area contributed by atoms with Gasteiger partial charge in [-0.1, -0.05) is 60.7 Å². The van der Waals surface area contributed by atoms with E-state index in [0.717, 1.165) is 34.5 Å². The second-order valence-corrected chi connectivity index (χ2v) is 8.68. The van der Waals surface area contributed by atoms with Crippen molar-refractivity contribution in [3.05, 3.63) is 99.6 Å². The average Bonchev–Trinajstić information content (AvgIpc) is 2.81. The summed E-state index contributed by atoms with van der Waals surface area (Å²) >= 11 is 0. The molecule has 6 nitrogen and oxygen atoms in total. The van der Waals surface area contributed by atoms with Gasteiger partial charge in [0.05, 0.1) is 11.4 Å². The van der Waals surface area contributed by atoms with Crippen molar-refractivity contribution in [2.45, 2.75) is 36.8 Å². The molecule has 4 N–H and O–H groups in total. The van der Waals surface area contributed by atoms with E-state index in [9.17, 15) is 4.79 Å². The van der Waals surface area contributed by atoms with Gasteiger partial charge in [-0.05, 0) is 42.0 Å². The first-order valence-electron chi connectivity index (χ1n) is 11.0. The highest BCUT2D eigenvalue weighted by Crippen LogP contribution is 2.40. The number of fused-ring (bicyclic) bond motifs is 1. The number of aromatic nitrogens is 1. The van der Waals surface area contributed by atoms with Crippen molar-refractivity contribution >= 4 is 12.1 Å². The first kappa shape index (κ1) is 20.4. The summed E-state index contributed by atoms with van der Waals surface area (Å²) in [6.45, 7) is 0. The van der Waals surface area contributed by atoms with Crippen LogP contribution in [0.1, 0.15) is 47.9 Å². The van der Waals surface area contributed by atoms with Crippen LogP contribution in [0, 0.1) is 0 Å². The van der Waals surface area contributed by atoms with Crippen molar-refractivity contribution < 1.29 is 4.79 Å². The predicted octanol–water partition coefficient (Wildman–Crippen LogP) is 2.22. The normalized spacial score (nSPS) is 21.6. The highest BCUT2D eigenvalue weighted by molar-refractivity contribution is 5.74. The molecule has 0 saturated heterocycles. The monoisotopic (exact) mass is 425 g/mol. The summed E-state index contributed by atoms with van der Waals surface area (Å²) < 4.78 is 1.36. The van der Waals surface area contributed by atoms with E-state index in [1.54, 1.807) is 13.2 Å². The number of nitrogens with zero attached hydrogens (tertiary/aromatic N) is 3. The molecule has 0 radical (unpaired) electrons. The molecular formula is C26H27N5O. The van der Waals surface area contributed by atoms with Crippen molar-refractivity contribution in [1.82, 2.24) is 4.57 Å². The minimum atomic E-state index is -0.567. The minimum absolute atomic E-state index is 0.00526. The topological polar surface area (TPSA) is 98.8 Å². The molecule has 1 amide bonds. The molecule has 0 bridgehead atoms. The Balaban J connectivity index is 1.68. The molecule has 5 rings (SSSR count). The average molecular weight is 426 g/mol. The molecule has 2 heterocycles. The summed E-state index contributed by atoms with van der Waals surface area (Å²) in [5.41, 5.74) is 15.9. The molecule has 1 aliphatic heterocycles. The summed E-state index contributed by atoms with van der Waals surface area (Å²) in [5, 5.41) is 1.63. The van der Waals surface area contributed by atoms with Gasteiger partial charge in [0.2, 0.25) is 0 Å². The van der Waals surface area contributed by atoms with Crippen LogP contribution >= 0.6 is 0 Å². The Hall–Kier alpha value is -3.51. The van der Waals surface area contributed by atoms with Crippen LogP contribution in [0.3, 0.4) is 0 Å². The molecule has 162 valence electrons. The molecule has 2 atom stereocenters. The number of benzene rings is 2. The molecule has 2 unspecified atom stereocenters. The van der Waals surface area contributed by atoms with E-state index in [0.29, 0.717) is 5.49 Å². The molecule has 0 spiro atoms. The Morgan fingerprint density at radius 2 is 1.78 bits per heavy atom.